The Balaban J connectivity index is 2.28. The molecular weight excluding hydrogens is 250 g/mol. The first-order chi connectivity index (χ1) is 9.02. The minimum Gasteiger partial charge on any atom is -0.480 e. The van der Waals surface area contributed by atoms with Gasteiger partial charge in [0, 0.05) is 20.2 Å². The molecule has 0 aromatic carbocycles. The summed E-state index contributed by atoms with van der Waals surface area (Å²) in [6, 6.07) is -1.48. The van der Waals surface area contributed by atoms with Crippen molar-refractivity contribution in [3.05, 3.63) is 0 Å². The molecule has 1 aliphatic rings. The number of carboxylic acid groups (broad SMARTS) is 1. The summed E-state index contributed by atoms with van der Waals surface area (Å²) in [5, 5.41) is 14.0. The number of likely N-dealkylation sites (tertiary alicyclic amines) is 1. The number of urea groups is 1. The number of carbonyl (C=O) groups excluding carboxylic acids is 1. The molecule has 3 N–H and O–H groups in total. The summed E-state index contributed by atoms with van der Waals surface area (Å²) in [5.41, 5.74) is 0. The fraction of sp³-hybridized carbons (Fsp3) is 0.833. The normalized spacial score (nSPS) is 21.7. The number of carboxylic acids is 1. The number of hydrogen-bond donors (Lipinski definition) is 3. The number of nitrogens with one attached hydrogen (secondary N) is 2. The highest BCUT2D eigenvalue weighted by atomic mass is 16.5. The first kappa shape index (κ1) is 15.7. The summed E-state index contributed by atoms with van der Waals surface area (Å²) in [5.74, 6) is -0.676. The van der Waals surface area contributed by atoms with Gasteiger partial charge in [-0.2, -0.15) is 0 Å². The summed E-state index contributed by atoms with van der Waals surface area (Å²) < 4.78 is 4.74. The van der Waals surface area contributed by atoms with Gasteiger partial charge in [-0.1, -0.05) is 0 Å². The molecule has 0 radical (unpaired) electrons. The van der Waals surface area contributed by atoms with Crippen LogP contribution in [0.5, 0.6) is 0 Å². The van der Waals surface area contributed by atoms with E-state index in [0.29, 0.717) is 12.5 Å². The Bertz CT molecular complexity index is 311. The Morgan fingerprint density at radius 3 is 2.84 bits per heavy atom. The lowest BCUT2D eigenvalue weighted by Crippen LogP contribution is -2.50. The molecule has 1 aliphatic heterocycles. The van der Waals surface area contributed by atoms with E-state index in [-0.39, 0.29) is 6.61 Å². The molecule has 0 saturated carbocycles. The van der Waals surface area contributed by atoms with Crippen molar-refractivity contribution in [3.63, 3.8) is 0 Å². The van der Waals surface area contributed by atoms with Crippen LogP contribution in [0.4, 0.5) is 4.79 Å². The van der Waals surface area contributed by atoms with Crippen LogP contribution in [-0.4, -0.2) is 68.4 Å². The number of methoxy groups -OCH3 is 1. The van der Waals surface area contributed by atoms with Gasteiger partial charge in [0.25, 0.3) is 0 Å². The van der Waals surface area contributed by atoms with E-state index in [1.54, 1.807) is 0 Å². The van der Waals surface area contributed by atoms with E-state index >= 15 is 0 Å². The molecule has 19 heavy (non-hydrogen) atoms. The Labute approximate surface area is 113 Å². The summed E-state index contributed by atoms with van der Waals surface area (Å²) in [7, 11) is 3.46. The van der Waals surface area contributed by atoms with Crippen molar-refractivity contribution in [2.45, 2.75) is 18.9 Å². The molecule has 110 valence electrons. The zero-order valence-electron chi connectivity index (χ0n) is 11.5. The molecule has 7 heteroatoms. The van der Waals surface area contributed by atoms with E-state index in [2.05, 4.69) is 22.6 Å². The number of carbonyl (C=O) groups is 2. The van der Waals surface area contributed by atoms with Gasteiger partial charge in [-0.25, -0.2) is 9.59 Å². The van der Waals surface area contributed by atoms with Crippen LogP contribution in [0.3, 0.4) is 0 Å². The number of amides is 2. The predicted octanol–water partition coefficient (Wildman–Crippen LogP) is -0.273. The van der Waals surface area contributed by atoms with Crippen molar-refractivity contribution in [3.8, 4) is 0 Å². The van der Waals surface area contributed by atoms with Crippen molar-refractivity contribution in [2.75, 3.05) is 40.4 Å². The first-order valence-electron chi connectivity index (χ1n) is 6.47. The fourth-order valence-electron chi connectivity index (χ4n) is 2.23. The summed E-state index contributed by atoms with van der Waals surface area (Å²) >= 11 is 0. The molecule has 2 atom stereocenters. The van der Waals surface area contributed by atoms with Gasteiger partial charge < -0.3 is 25.4 Å². The average molecular weight is 273 g/mol. The Hall–Kier alpha value is -1.34. The lowest BCUT2D eigenvalue weighted by Gasteiger charge is -2.29. The minimum absolute atomic E-state index is 0.0467. The van der Waals surface area contributed by atoms with Crippen molar-refractivity contribution in [1.29, 1.82) is 0 Å². The second-order valence-corrected chi connectivity index (χ2v) is 4.97. The SMILES string of the molecule is COCC(NC(=O)NCC1CCCN(C)C1)C(=O)O. The smallest absolute Gasteiger partial charge is 0.328 e. The highest BCUT2D eigenvalue weighted by molar-refractivity contribution is 5.82. The maximum absolute atomic E-state index is 11.6. The van der Waals surface area contributed by atoms with Gasteiger partial charge in [-0.05, 0) is 32.4 Å². The fourth-order valence-corrected chi connectivity index (χ4v) is 2.23. The Kier molecular flexibility index (Phi) is 6.58. The third kappa shape index (κ3) is 5.89. The van der Waals surface area contributed by atoms with Crippen LogP contribution in [0.1, 0.15) is 12.8 Å². The van der Waals surface area contributed by atoms with Crippen molar-refractivity contribution >= 4 is 12.0 Å². The number of hydrogen-bond acceptors (Lipinski definition) is 4. The first-order valence-corrected chi connectivity index (χ1v) is 6.47. The minimum atomic E-state index is -1.10. The highest BCUT2D eigenvalue weighted by Crippen LogP contribution is 2.13. The lowest BCUT2D eigenvalue weighted by molar-refractivity contribution is -0.140. The van der Waals surface area contributed by atoms with Crippen LogP contribution in [-0.2, 0) is 9.53 Å². The molecule has 0 bridgehead atoms. The molecular formula is C12H23N3O4. The molecule has 1 rings (SSSR count). The van der Waals surface area contributed by atoms with Crippen LogP contribution in [0, 0.1) is 5.92 Å². The van der Waals surface area contributed by atoms with Crippen LogP contribution in [0.15, 0.2) is 0 Å². The molecule has 0 aromatic heterocycles. The van der Waals surface area contributed by atoms with E-state index in [1.807, 2.05) is 0 Å². The van der Waals surface area contributed by atoms with Gasteiger partial charge in [0.2, 0.25) is 0 Å². The second-order valence-electron chi connectivity index (χ2n) is 4.97. The summed E-state index contributed by atoms with van der Waals surface area (Å²) in [4.78, 5) is 24.7. The molecule has 2 amide bonds. The van der Waals surface area contributed by atoms with Gasteiger partial charge >= 0.3 is 12.0 Å². The largest absolute Gasteiger partial charge is 0.480 e. The molecule has 1 saturated heterocycles. The van der Waals surface area contributed by atoms with E-state index in [1.165, 1.54) is 7.11 Å². The Morgan fingerprint density at radius 1 is 1.53 bits per heavy atom. The van der Waals surface area contributed by atoms with Crippen molar-refractivity contribution < 1.29 is 19.4 Å². The zero-order valence-corrected chi connectivity index (χ0v) is 11.5. The Morgan fingerprint density at radius 2 is 2.26 bits per heavy atom. The molecule has 0 aromatic rings. The van der Waals surface area contributed by atoms with Crippen LogP contribution < -0.4 is 10.6 Å². The average Bonchev–Trinajstić information content (AvgIpc) is 2.36. The number of nitrogens with zero attached hydrogens (tertiary/aromatic N) is 1. The number of piperidine rings is 1. The second kappa shape index (κ2) is 7.96. The molecule has 7 nitrogen and oxygen atoms in total. The van der Waals surface area contributed by atoms with Crippen LogP contribution in [0.2, 0.25) is 0 Å². The molecule has 1 heterocycles. The maximum Gasteiger partial charge on any atom is 0.328 e. The van der Waals surface area contributed by atoms with E-state index in [0.717, 1.165) is 25.9 Å². The number of ether oxygens (including phenoxy) is 1. The van der Waals surface area contributed by atoms with Gasteiger partial charge in [0.05, 0.1) is 6.61 Å². The standard InChI is InChI=1S/C12H23N3O4/c1-15-5-3-4-9(7-15)6-13-12(18)14-10(8-19-2)11(16)17/h9-10H,3-8H2,1-2H3,(H,16,17)(H2,13,14,18). The third-order valence-electron chi connectivity index (χ3n) is 3.21. The molecule has 0 aliphatic carbocycles. The lowest BCUT2D eigenvalue weighted by atomic mass is 9.99. The number of aliphatic carboxylic acids is 1. The number of rotatable bonds is 6. The zero-order chi connectivity index (χ0) is 14.3. The monoisotopic (exact) mass is 273 g/mol. The van der Waals surface area contributed by atoms with Crippen molar-refractivity contribution in [1.82, 2.24) is 15.5 Å². The van der Waals surface area contributed by atoms with Gasteiger partial charge in [-0.15, -0.1) is 0 Å². The molecule has 0 spiro atoms. The van der Waals surface area contributed by atoms with Gasteiger partial charge in [0.15, 0.2) is 6.04 Å². The molecule has 2 unspecified atom stereocenters. The predicted molar refractivity (Wildman–Crippen MR) is 70.1 cm³/mol. The van der Waals surface area contributed by atoms with Crippen molar-refractivity contribution in [2.24, 2.45) is 5.92 Å². The van der Waals surface area contributed by atoms with Gasteiger partial charge in [-0.3, -0.25) is 0 Å². The van der Waals surface area contributed by atoms with E-state index in [9.17, 15) is 9.59 Å². The third-order valence-corrected chi connectivity index (χ3v) is 3.21. The quantitative estimate of drug-likeness (QED) is 0.619. The van der Waals surface area contributed by atoms with Crippen LogP contribution >= 0.6 is 0 Å². The van der Waals surface area contributed by atoms with E-state index in [4.69, 9.17) is 9.84 Å². The molecule has 1 fully saturated rings. The topological polar surface area (TPSA) is 90.9 Å². The summed E-state index contributed by atoms with van der Waals surface area (Å²) in [6.07, 6.45) is 2.22. The summed E-state index contributed by atoms with van der Waals surface area (Å²) in [6.45, 7) is 2.57. The van der Waals surface area contributed by atoms with Crippen LogP contribution in [0.25, 0.3) is 0 Å². The highest BCUT2D eigenvalue weighted by Gasteiger charge is 2.21. The van der Waals surface area contributed by atoms with Gasteiger partial charge in [0.1, 0.15) is 0 Å². The van der Waals surface area contributed by atoms with E-state index < -0.39 is 18.0 Å². The maximum atomic E-state index is 11.6.